The Morgan fingerprint density at radius 2 is 1.74 bits per heavy atom. The van der Waals surface area contributed by atoms with Crippen molar-refractivity contribution in [3.05, 3.63) is 0 Å². The smallest absolute Gasteiger partial charge is 0.240 e. The fourth-order valence-electron chi connectivity index (χ4n) is 4.74. The van der Waals surface area contributed by atoms with Crippen LogP contribution in [0.15, 0.2) is 0 Å². The summed E-state index contributed by atoms with van der Waals surface area (Å²) >= 11 is 0. The van der Waals surface area contributed by atoms with Crippen molar-refractivity contribution in [2.45, 2.75) is 64.5 Å². The summed E-state index contributed by atoms with van der Waals surface area (Å²) in [6.45, 7) is 5.21. The molecule has 19 heavy (non-hydrogen) atoms. The largest absolute Gasteiger partial charge is 0.338 e. The van der Waals surface area contributed by atoms with Crippen molar-refractivity contribution in [2.75, 3.05) is 6.54 Å². The molecule has 4 fully saturated rings. The average molecular weight is 264 g/mol. The van der Waals surface area contributed by atoms with Gasteiger partial charge < -0.3 is 10.6 Å². The maximum atomic E-state index is 12.7. The fraction of sp³-hybridized carbons (Fsp3) is 0.938. The van der Waals surface area contributed by atoms with Gasteiger partial charge in [0, 0.05) is 12.6 Å². The van der Waals surface area contributed by atoms with Crippen molar-refractivity contribution < 1.29 is 4.79 Å². The van der Waals surface area contributed by atoms with Gasteiger partial charge in [0.2, 0.25) is 5.91 Å². The minimum Gasteiger partial charge on any atom is -0.338 e. The van der Waals surface area contributed by atoms with Crippen molar-refractivity contribution in [3.8, 4) is 0 Å². The summed E-state index contributed by atoms with van der Waals surface area (Å²) in [4.78, 5) is 14.9. The number of hydrogen-bond acceptors (Lipinski definition) is 2. The van der Waals surface area contributed by atoms with Crippen LogP contribution >= 0.6 is 0 Å². The van der Waals surface area contributed by atoms with Crippen LogP contribution in [0.25, 0.3) is 0 Å². The highest BCUT2D eigenvalue weighted by atomic mass is 16.2. The number of fused-ring (bicyclic) bond motifs is 1. The molecule has 3 heteroatoms. The second-order valence-corrected chi connectivity index (χ2v) is 7.33. The quantitative estimate of drug-likeness (QED) is 0.851. The zero-order valence-corrected chi connectivity index (χ0v) is 12.3. The molecular formula is C16H28N2O. The van der Waals surface area contributed by atoms with Crippen LogP contribution in [-0.2, 0) is 4.79 Å². The van der Waals surface area contributed by atoms with Crippen molar-refractivity contribution in [1.29, 1.82) is 0 Å². The van der Waals surface area contributed by atoms with Gasteiger partial charge in [-0.15, -0.1) is 0 Å². The summed E-state index contributed by atoms with van der Waals surface area (Å²) < 4.78 is 0. The molecular weight excluding hydrogens is 236 g/mol. The summed E-state index contributed by atoms with van der Waals surface area (Å²) in [5.41, 5.74) is 6.19. The molecule has 0 aromatic carbocycles. The molecule has 2 saturated carbocycles. The molecule has 4 atom stereocenters. The van der Waals surface area contributed by atoms with E-state index in [1.807, 2.05) is 0 Å². The predicted octanol–water partition coefficient (Wildman–Crippen LogP) is 2.40. The van der Waals surface area contributed by atoms with E-state index in [0.29, 0.717) is 12.0 Å². The van der Waals surface area contributed by atoms with E-state index >= 15 is 0 Å². The predicted molar refractivity (Wildman–Crippen MR) is 76.5 cm³/mol. The van der Waals surface area contributed by atoms with Gasteiger partial charge in [-0.1, -0.05) is 20.3 Å². The summed E-state index contributed by atoms with van der Waals surface area (Å²) in [7, 11) is 0. The molecule has 0 aromatic heterocycles. The first-order valence-corrected chi connectivity index (χ1v) is 8.14. The topological polar surface area (TPSA) is 46.3 Å². The zero-order chi connectivity index (χ0) is 13.6. The van der Waals surface area contributed by atoms with Gasteiger partial charge in [0.05, 0.1) is 6.04 Å². The lowest BCUT2D eigenvalue weighted by Gasteiger charge is -2.39. The maximum Gasteiger partial charge on any atom is 0.240 e. The highest BCUT2D eigenvalue weighted by Crippen LogP contribution is 2.47. The Kier molecular flexibility index (Phi) is 3.59. The van der Waals surface area contributed by atoms with E-state index in [1.165, 1.54) is 32.1 Å². The summed E-state index contributed by atoms with van der Waals surface area (Å²) in [6, 6.07) is 0.208. The SMILES string of the molecule is CCC(C)C(N)C(=O)N1CC2CC3CC(C2)CC1C3. The van der Waals surface area contributed by atoms with Gasteiger partial charge >= 0.3 is 0 Å². The highest BCUT2D eigenvalue weighted by molar-refractivity contribution is 5.82. The lowest BCUT2D eigenvalue weighted by Crippen LogP contribution is -2.51. The van der Waals surface area contributed by atoms with Crippen LogP contribution in [-0.4, -0.2) is 29.4 Å². The van der Waals surface area contributed by atoms with Crippen LogP contribution in [0.4, 0.5) is 0 Å². The molecule has 2 aliphatic heterocycles. The van der Waals surface area contributed by atoms with Crippen LogP contribution in [0.1, 0.15) is 52.4 Å². The number of nitrogens with zero attached hydrogens (tertiary/aromatic N) is 1. The third kappa shape index (κ3) is 2.42. The van der Waals surface area contributed by atoms with E-state index < -0.39 is 0 Å². The van der Waals surface area contributed by atoms with Gasteiger partial charge in [-0.05, 0) is 55.8 Å². The van der Waals surface area contributed by atoms with E-state index in [1.54, 1.807) is 0 Å². The Morgan fingerprint density at radius 1 is 1.16 bits per heavy atom. The second-order valence-electron chi connectivity index (χ2n) is 7.33. The first kappa shape index (κ1) is 13.4. The minimum absolute atomic E-state index is 0.229. The number of amides is 1. The monoisotopic (exact) mass is 264 g/mol. The molecule has 2 aliphatic carbocycles. The summed E-state index contributed by atoms with van der Waals surface area (Å²) in [5.74, 6) is 3.06. The van der Waals surface area contributed by atoms with Gasteiger partial charge in [-0.25, -0.2) is 0 Å². The average Bonchev–Trinajstić information content (AvgIpc) is 2.60. The Hall–Kier alpha value is -0.570. The van der Waals surface area contributed by atoms with Gasteiger partial charge in [0.25, 0.3) is 0 Å². The van der Waals surface area contributed by atoms with E-state index in [0.717, 1.165) is 30.7 Å². The van der Waals surface area contributed by atoms with Gasteiger partial charge in [0.15, 0.2) is 0 Å². The number of carbonyl (C=O) groups is 1. The fourth-order valence-corrected chi connectivity index (χ4v) is 4.74. The van der Waals surface area contributed by atoms with Crippen LogP contribution < -0.4 is 5.73 Å². The van der Waals surface area contributed by atoms with Crippen LogP contribution in [0.3, 0.4) is 0 Å². The van der Waals surface area contributed by atoms with Crippen molar-refractivity contribution >= 4 is 5.91 Å². The minimum atomic E-state index is -0.291. The summed E-state index contributed by atoms with van der Waals surface area (Å²) in [6.07, 6.45) is 7.61. The Bertz CT molecular complexity index is 343. The highest BCUT2D eigenvalue weighted by Gasteiger charge is 2.44. The number of nitrogens with two attached hydrogens (primary N) is 1. The third-order valence-corrected chi connectivity index (χ3v) is 5.93. The van der Waals surface area contributed by atoms with Crippen LogP contribution in [0.2, 0.25) is 0 Å². The molecule has 4 bridgehead atoms. The molecule has 0 spiro atoms. The Balaban J connectivity index is 1.76. The number of carbonyl (C=O) groups excluding carboxylic acids is 1. The molecule has 4 aliphatic rings. The molecule has 2 N–H and O–H groups in total. The second kappa shape index (κ2) is 5.08. The standard InChI is InChI=1S/C16H28N2O/c1-3-10(2)15(17)16(19)18-9-13-5-11-4-12(6-13)8-14(18)7-11/h10-15H,3-9,17H2,1-2H3. The summed E-state index contributed by atoms with van der Waals surface area (Å²) in [5, 5.41) is 0. The maximum absolute atomic E-state index is 12.7. The number of hydrogen-bond donors (Lipinski definition) is 1. The zero-order valence-electron chi connectivity index (χ0n) is 12.3. The van der Waals surface area contributed by atoms with Crippen molar-refractivity contribution in [2.24, 2.45) is 29.4 Å². The van der Waals surface area contributed by atoms with Gasteiger partial charge in [-0.2, -0.15) is 0 Å². The van der Waals surface area contributed by atoms with E-state index in [-0.39, 0.29) is 11.9 Å². The molecule has 4 unspecified atom stereocenters. The normalized spacial score (nSPS) is 40.1. The van der Waals surface area contributed by atoms with E-state index in [9.17, 15) is 4.79 Å². The third-order valence-electron chi connectivity index (χ3n) is 5.93. The Labute approximate surface area is 116 Å². The molecule has 1 amide bonds. The first-order chi connectivity index (χ1) is 9.08. The number of rotatable bonds is 3. The molecule has 2 heterocycles. The van der Waals surface area contributed by atoms with E-state index in [4.69, 9.17) is 5.73 Å². The van der Waals surface area contributed by atoms with Crippen molar-refractivity contribution in [1.82, 2.24) is 4.90 Å². The molecule has 4 rings (SSSR count). The molecule has 0 radical (unpaired) electrons. The van der Waals surface area contributed by atoms with Gasteiger partial charge in [-0.3, -0.25) is 4.79 Å². The molecule has 108 valence electrons. The lowest BCUT2D eigenvalue weighted by atomic mass is 9.68. The molecule has 2 saturated heterocycles. The molecule has 3 nitrogen and oxygen atoms in total. The lowest BCUT2D eigenvalue weighted by molar-refractivity contribution is -0.136. The van der Waals surface area contributed by atoms with Crippen molar-refractivity contribution in [3.63, 3.8) is 0 Å². The molecule has 0 aromatic rings. The van der Waals surface area contributed by atoms with Crippen LogP contribution in [0, 0.1) is 23.7 Å². The Morgan fingerprint density at radius 3 is 2.32 bits per heavy atom. The van der Waals surface area contributed by atoms with E-state index in [2.05, 4.69) is 18.7 Å². The first-order valence-electron chi connectivity index (χ1n) is 8.14. The van der Waals surface area contributed by atoms with Crippen LogP contribution in [0.5, 0.6) is 0 Å². The van der Waals surface area contributed by atoms with Gasteiger partial charge in [0.1, 0.15) is 0 Å².